The molecule has 5 nitrogen and oxygen atoms in total. The summed E-state index contributed by atoms with van der Waals surface area (Å²) in [5.74, 6) is -0.405. The molecule has 0 radical (unpaired) electrons. The minimum absolute atomic E-state index is 0.100. The molecule has 5 heteroatoms. The summed E-state index contributed by atoms with van der Waals surface area (Å²) in [6.07, 6.45) is 6.87. The van der Waals surface area contributed by atoms with Gasteiger partial charge in [0.1, 0.15) is 0 Å². The molecule has 1 aliphatic heterocycles. The van der Waals surface area contributed by atoms with Crippen LogP contribution in [0.3, 0.4) is 0 Å². The van der Waals surface area contributed by atoms with Crippen LogP contribution in [0.15, 0.2) is 0 Å². The summed E-state index contributed by atoms with van der Waals surface area (Å²) in [7, 11) is 0. The zero-order valence-corrected chi connectivity index (χ0v) is 10.7. The van der Waals surface area contributed by atoms with E-state index in [1.807, 2.05) is 0 Å². The normalized spacial score (nSPS) is 24.4. The molecule has 2 N–H and O–H groups in total. The molecule has 18 heavy (non-hydrogen) atoms. The molecule has 2 fully saturated rings. The van der Waals surface area contributed by atoms with Crippen LogP contribution in [-0.2, 0) is 4.79 Å². The van der Waals surface area contributed by atoms with Gasteiger partial charge in [-0.25, -0.2) is 4.79 Å². The Labute approximate surface area is 108 Å². The van der Waals surface area contributed by atoms with Gasteiger partial charge in [0.25, 0.3) is 0 Å². The summed E-state index contributed by atoms with van der Waals surface area (Å²) in [4.78, 5) is 24.2. The monoisotopic (exact) mass is 254 g/mol. The average molecular weight is 254 g/mol. The van der Waals surface area contributed by atoms with Crippen LogP contribution in [0.1, 0.15) is 38.5 Å². The molecule has 2 amide bonds. The summed E-state index contributed by atoms with van der Waals surface area (Å²) in [6.45, 7) is 1.63. The Morgan fingerprint density at radius 2 is 1.94 bits per heavy atom. The van der Waals surface area contributed by atoms with E-state index in [0.29, 0.717) is 19.5 Å². The van der Waals surface area contributed by atoms with Crippen LogP contribution in [0, 0.1) is 11.8 Å². The van der Waals surface area contributed by atoms with E-state index in [1.54, 1.807) is 4.90 Å². The topological polar surface area (TPSA) is 69.6 Å². The van der Waals surface area contributed by atoms with Crippen LogP contribution in [0.5, 0.6) is 0 Å². The van der Waals surface area contributed by atoms with Crippen LogP contribution in [0.4, 0.5) is 4.79 Å². The van der Waals surface area contributed by atoms with Crippen LogP contribution in [0.2, 0.25) is 0 Å². The van der Waals surface area contributed by atoms with Crippen LogP contribution in [0.25, 0.3) is 0 Å². The second-order valence-electron chi connectivity index (χ2n) is 5.44. The molecule has 0 aromatic heterocycles. The van der Waals surface area contributed by atoms with Crippen LogP contribution in [-0.4, -0.2) is 41.6 Å². The Kier molecular flexibility index (Phi) is 4.44. The van der Waals surface area contributed by atoms with E-state index < -0.39 is 5.97 Å². The highest BCUT2D eigenvalue weighted by Crippen LogP contribution is 2.26. The first-order valence-corrected chi connectivity index (χ1v) is 6.92. The average Bonchev–Trinajstić information content (AvgIpc) is 2.99. The third-order valence-corrected chi connectivity index (χ3v) is 4.13. The van der Waals surface area contributed by atoms with Gasteiger partial charge in [0.05, 0.1) is 5.92 Å². The number of carbonyl (C=O) groups is 2. The first-order valence-electron chi connectivity index (χ1n) is 6.92. The number of urea groups is 1. The number of aliphatic carboxylic acids is 1. The maximum atomic E-state index is 11.8. The van der Waals surface area contributed by atoms with Gasteiger partial charge in [0, 0.05) is 19.6 Å². The summed E-state index contributed by atoms with van der Waals surface area (Å²) in [5.41, 5.74) is 0. The number of hydrogen-bond donors (Lipinski definition) is 2. The van der Waals surface area contributed by atoms with Crippen molar-refractivity contribution in [3.63, 3.8) is 0 Å². The molecular weight excluding hydrogens is 232 g/mol. The number of carbonyl (C=O) groups excluding carboxylic acids is 1. The summed E-state index contributed by atoms with van der Waals surface area (Å²) >= 11 is 0. The van der Waals surface area contributed by atoms with Gasteiger partial charge in [-0.05, 0) is 18.8 Å². The van der Waals surface area contributed by atoms with Crippen molar-refractivity contribution in [3.8, 4) is 0 Å². The quantitative estimate of drug-likeness (QED) is 0.802. The van der Waals surface area contributed by atoms with Gasteiger partial charge in [-0.15, -0.1) is 0 Å². The van der Waals surface area contributed by atoms with E-state index in [9.17, 15) is 9.59 Å². The van der Waals surface area contributed by atoms with Gasteiger partial charge < -0.3 is 15.3 Å². The molecule has 1 saturated heterocycles. The van der Waals surface area contributed by atoms with Crippen molar-refractivity contribution < 1.29 is 14.7 Å². The van der Waals surface area contributed by atoms with Crippen molar-refractivity contribution in [1.82, 2.24) is 10.2 Å². The number of hydrogen-bond acceptors (Lipinski definition) is 2. The Balaban J connectivity index is 1.64. The first kappa shape index (κ1) is 13.2. The van der Waals surface area contributed by atoms with Gasteiger partial charge in [-0.1, -0.05) is 25.7 Å². The molecule has 1 aliphatic carbocycles. The summed E-state index contributed by atoms with van der Waals surface area (Å²) < 4.78 is 0. The van der Waals surface area contributed by atoms with Crippen LogP contribution < -0.4 is 5.32 Å². The largest absolute Gasteiger partial charge is 0.481 e. The second-order valence-corrected chi connectivity index (χ2v) is 5.44. The lowest BCUT2D eigenvalue weighted by molar-refractivity contribution is -0.141. The predicted molar refractivity (Wildman–Crippen MR) is 67.3 cm³/mol. The molecule has 1 heterocycles. The van der Waals surface area contributed by atoms with Gasteiger partial charge >= 0.3 is 12.0 Å². The van der Waals surface area contributed by atoms with Crippen molar-refractivity contribution in [3.05, 3.63) is 0 Å². The summed E-state index contributed by atoms with van der Waals surface area (Å²) in [6, 6.07) is -0.100. The number of amides is 2. The molecule has 0 aromatic carbocycles. The van der Waals surface area contributed by atoms with Gasteiger partial charge in [0.2, 0.25) is 0 Å². The number of carboxylic acid groups (broad SMARTS) is 1. The second kappa shape index (κ2) is 6.07. The van der Waals surface area contributed by atoms with Gasteiger partial charge in [0.15, 0.2) is 0 Å². The SMILES string of the molecule is O=C(O)C1CCN(C(=O)NCCC2CCCC2)C1. The van der Waals surface area contributed by atoms with E-state index in [4.69, 9.17) is 5.11 Å². The fourth-order valence-electron chi connectivity index (χ4n) is 2.94. The highest BCUT2D eigenvalue weighted by Gasteiger charge is 2.30. The van der Waals surface area contributed by atoms with Gasteiger partial charge in [-0.3, -0.25) is 4.79 Å². The minimum atomic E-state index is -0.795. The number of nitrogens with one attached hydrogen (secondary N) is 1. The minimum Gasteiger partial charge on any atom is -0.481 e. The number of nitrogens with zero attached hydrogens (tertiary/aromatic N) is 1. The molecule has 0 aromatic rings. The van der Waals surface area contributed by atoms with E-state index in [1.165, 1.54) is 25.7 Å². The molecule has 0 spiro atoms. The zero-order valence-electron chi connectivity index (χ0n) is 10.7. The third kappa shape index (κ3) is 3.37. The van der Waals surface area contributed by atoms with Crippen molar-refractivity contribution in [2.75, 3.05) is 19.6 Å². The zero-order chi connectivity index (χ0) is 13.0. The molecule has 1 unspecified atom stereocenters. The first-order chi connectivity index (χ1) is 8.66. The Bertz CT molecular complexity index is 313. The van der Waals surface area contributed by atoms with E-state index >= 15 is 0 Å². The molecular formula is C13H22N2O3. The van der Waals surface area contributed by atoms with Crippen LogP contribution >= 0.6 is 0 Å². The molecule has 102 valence electrons. The lowest BCUT2D eigenvalue weighted by atomic mass is 10.0. The van der Waals surface area contributed by atoms with Crippen molar-refractivity contribution in [1.29, 1.82) is 0 Å². The molecule has 1 saturated carbocycles. The maximum absolute atomic E-state index is 11.8. The molecule has 1 atom stereocenters. The van der Waals surface area contributed by atoms with E-state index in [0.717, 1.165) is 18.9 Å². The third-order valence-electron chi connectivity index (χ3n) is 4.13. The Morgan fingerprint density at radius 3 is 2.56 bits per heavy atom. The fraction of sp³-hybridized carbons (Fsp3) is 0.846. The summed E-state index contributed by atoms with van der Waals surface area (Å²) in [5, 5.41) is 11.8. The van der Waals surface area contributed by atoms with Crippen molar-refractivity contribution in [2.45, 2.75) is 38.5 Å². The number of carboxylic acids is 1. The molecule has 2 rings (SSSR count). The van der Waals surface area contributed by atoms with E-state index in [2.05, 4.69) is 5.32 Å². The van der Waals surface area contributed by atoms with Crippen molar-refractivity contribution >= 4 is 12.0 Å². The standard InChI is InChI=1S/C13H22N2O3/c16-12(17)11-6-8-15(9-11)13(18)14-7-5-10-3-1-2-4-10/h10-11H,1-9H2,(H,14,18)(H,16,17). The highest BCUT2D eigenvalue weighted by molar-refractivity contribution is 5.77. The van der Waals surface area contributed by atoms with Crippen molar-refractivity contribution in [2.24, 2.45) is 11.8 Å². The molecule has 0 bridgehead atoms. The Morgan fingerprint density at radius 1 is 1.22 bits per heavy atom. The fourth-order valence-corrected chi connectivity index (χ4v) is 2.94. The lowest BCUT2D eigenvalue weighted by Gasteiger charge is -2.17. The number of rotatable bonds is 4. The smallest absolute Gasteiger partial charge is 0.317 e. The van der Waals surface area contributed by atoms with Gasteiger partial charge in [-0.2, -0.15) is 0 Å². The maximum Gasteiger partial charge on any atom is 0.317 e. The Hall–Kier alpha value is -1.26. The van der Waals surface area contributed by atoms with E-state index in [-0.39, 0.29) is 11.9 Å². The lowest BCUT2D eigenvalue weighted by Crippen LogP contribution is -2.39. The molecule has 2 aliphatic rings. The highest BCUT2D eigenvalue weighted by atomic mass is 16.4. The number of likely N-dealkylation sites (tertiary alicyclic amines) is 1. The predicted octanol–water partition coefficient (Wildman–Crippen LogP) is 1.68.